The summed E-state index contributed by atoms with van der Waals surface area (Å²) in [4.78, 5) is 2.06. The Labute approximate surface area is 126 Å². The van der Waals surface area contributed by atoms with Gasteiger partial charge in [-0.15, -0.1) is 5.10 Å². The molecule has 0 saturated heterocycles. The molecule has 0 amide bonds. The van der Waals surface area contributed by atoms with Gasteiger partial charge in [0.05, 0.1) is 12.0 Å². The van der Waals surface area contributed by atoms with Crippen LogP contribution in [0.2, 0.25) is 0 Å². The van der Waals surface area contributed by atoms with Gasteiger partial charge < -0.3 is 14.6 Å². The first-order chi connectivity index (χ1) is 9.85. The third kappa shape index (κ3) is 4.56. The zero-order chi connectivity index (χ0) is 15.5. The van der Waals surface area contributed by atoms with E-state index in [2.05, 4.69) is 41.2 Å². The summed E-state index contributed by atoms with van der Waals surface area (Å²) in [6.45, 7) is 9.86. The number of rotatable bonds is 5. The highest BCUT2D eigenvalue weighted by atomic mass is 16.3. The third-order valence-corrected chi connectivity index (χ3v) is 3.27. The average molecular weight is 288 g/mol. The monoisotopic (exact) mass is 288 g/mol. The van der Waals surface area contributed by atoms with Gasteiger partial charge in [0.1, 0.15) is 5.76 Å². The van der Waals surface area contributed by atoms with Crippen LogP contribution in [0.5, 0.6) is 0 Å². The van der Waals surface area contributed by atoms with E-state index in [1.807, 2.05) is 32.2 Å². The lowest BCUT2D eigenvalue weighted by Crippen LogP contribution is -2.35. The summed E-state index contributed by atoms with van der Waals surface area (Å²) >= 11 is 0. The van der Waals surface area contributed by atoms with Crippen molar-refractivity contribution in [2.75, 3.05) is 11.9 Å². The predicted molar refractivity (Wildman–Crippen MR) is 84.2 cm³/mol. The summed E-state index contributed by atoms with van der Waals surface area (Å²) in [5.41, 5.74) is 2.19. The van der Waals surface area contributed by atoms with E-state index >= 15 is 0 Å². The fourth-order valence-corrected chi connectivity index (χ4v) is 1.92. The molecule has 5 nitrogen and oxygen atoms in total. The van der Waals surface area contributed by atoms with Crippen molar-refractivity contribution in [3.63, 3.8) is 0 Å². The van der Waals surface area contributed by atoms with Crippen LogP contribution in [0.25, 0.3) is 0 Å². The Bertz CT molecular complexity index is 569. The summed E-state index contributed by atoms with van der Waals surface area (Å²) in [6.07, 6.45) is 1.71. The Morgan fingerprint density at radius 3 is 2.48 bits per heavy atom. The number of nitrogens with one attached hydrogen (secondary N) is 1. The number of furan rings is 1. The normalized spacial score (nSPS) is 11.7. The lowest BCUT2D eigenvalue weighted by molar-refractivity contribution is 0.420. The summed E-state index contributed by atoms with van der Waals surface area (Å²) in [5.74, 6) is 1.80. The molecule has 0 unspecified atom stereocenters. The molecule has 2 aromatic heterocycles. The molecule has 0 atom stereocenters. The molecule has 0 aromatic carbocycles. The van der Waals surface area contributed by atoms with E-state index in [0.29, 0.717) is 0 Å². The third-order valence-electron chi connectivity index (χ3n) is 3.27. The van der Waals surface area contributed by atoms with E-state index in [4.69, 9.17) is 4.42 Å². The first-order valence-electron chi connectivity index (χ1n) is 7.17. The van der Waals surface area contributed by atoms with Crippen LogP contribution in [0, 0.1) is 6.92 Å². The highest BCUT2D eigenvalue weighted by Crippen LogP contribution is 2.15. The Kier molecular flexibility index (Phi) is 4.63. The van der Waals surface area contributed by atoms with Crippen LogP contribution in [0.3, 0.4) is 0 Å². The average Bonchev–Trinajstić information content (AvgIpc) is 2.82. The van der Waals surface area contributed by atoms with Gasteiger partial charge in [-0.2, -0.15) is 5.10 Å². The Morgan fingerprint density at radius 2 is 1.95 bits per heavy atom. The molecule has 0 aliphatic rings. The largest absolute Gasteiger partial charge is 0.469 e. The van der Waals surface area contributed by atoms with Crippen molar-refractivity contribution in [1.29, 1.82) is 0 Å². The second-order valence-electron chi connectivity index (χ2n) is 6.34. The zero-order valence-electron chi connectivity index (χ0n) is 13.5. The van der Waals surface area contributed by atoms with Crippen LogP contribution in [-0.4, -0.2) is 22.8 Å². The zero-order valence-corrected chi connectivity index (χ0v) is 13.5. The number of anilines is 1. The number of hydrogen-bond donors (Lipinski definition) is 1. The molecule has 2 aromatic rings. The fraction of sp³-hybridized carbons (Fsp3) is 0.500. The van der Waals surface area contributed by atoms with E-state index in [0.717, 1.165) is 35.9 Å². The van der Waals surface area contributed by atoms with Crippen molar-refractivity contribution in [2.45, 2.75) is 46.3 Å². The predicted octanol–water partition coefficient (Wildman–Crippen LogP) is 2.90. The van der Waals surface area contributed by atoms with Crippen LogP contribution < -0.4 is 10.2 Å². The van der Waals surface area contributed by atoms with E-state index in [1.54, 1.807) is 6.26 Å². The van der Waals surface area contributed by atoms with E-state index in [9.17, 15) is 0 Å². The van der Waals surface area contributed by atoms with Gasteiger partial charge in [-0.05, 0) is 45.9 Å². The number of nitrogens with zero attached hydrogens (tertiary/aromatic N) is 3. The van der Waals surface area contributed by atoms with Gasteiger partial charge in [-0.1, -0.05) is 0 Å². The van der Waals surface area contributed by atoms with E-state index in [1.165, 1.54) is 0 Å². The molecule has 1 N–H and O–H groups in total. The molecule has 0 fully saturated rings. The van der Waals surface area contributed by atoms with Crippen LogP contribution in [0.4, 0.5) is 5.82 Å². The van der Waals surface area contributed by atoms with Gasteiger partial charge in [-0.25, -0.2) is 0 Å². The molecule has 114 valence electrons. The van der Waals surface area contributed by atoms with E-state index in [-0.39, 0.29) is 5.54 Å². The minimum absolute atomic E-state index is 0.0793. The van der Waals surface area contributed by atoms with E-state index < -0.39 is 0 Å². The van der Waals surface area contributed by atoms with Gasteiger partial charge in [0.2, 0.25) is 0 Å². The van der Waals surface area contributed by atoms with Crippen LogP contribution in [0.1, 0.15) is 37.8 Å². The van der Waals surface area contributed by atoms with Gasteiger partial charge >= 0.3 is 0 Å². The second-order valence-corrected chi connectivity index (χ2v) is 6.34. The highest BCUT2D eigenvalue weighted by Gasteiger charge is 2.11. The van der Waals surface area contributed by atoms with Gasteiger partial charge in [0, 0.05) is 31.2 Å². The number of aromatic nitrogens is 2. The van der Waals surface area contributed by atoms with Crippen molar-refractivity contribution in [3.8, 4) is 0 Å². The van der Waals surface area contributed by atoms with Gasteiger partial charge in [0.25, 0.3) is 0 Å². The molecule has 5 heteroatoms. The van der Waals surface area contributed by atoms with Gasteiger partial charge in [-0.3, -0.25) is 0 Å². The molecule has 2 heterocycles. The van der Waals surface area contributed by atoms with Crippen LogP contribution in [-0.2, 0) is 13.1 Å². The lowest BCUT2D eigenvalue weighted by Gasteiger charge is -2.20. The molecule has 0 aliphatic carbocycles. The molecule has 0 saturated carbocycles. The fourth-order valence-electron chi connectivity index (χ4n) is 1.92. The summed E-state index contributed by atoms with van der Waals surface area (Å²) < 4.78 is 5.31. The van der Waals surface area contributed by atoms with Crippen LogP contribution in [0.15, 0.2) is 28.9 Å². The smallest absolute Gasteiger partial charge is 0.151 e. The summed E-state index contributed by atoms with van der Waals surface area (Å²) in [5, 5.41) is 12.0. The Morgan fingerprint density at radius 1 is 1.19 bits per heavy atom. The molecule has 0 aliphatic heterocycles. The second kappa shape index (κ2) is 6.26. The lowest BCUT2D eigenvalue weighted by atomic mass is 10.1. The molecule has 21 heavy (non-hydrogen) atoms. The molecule has 2 rings (SSSR count). The minimum atomic E-state index is 0.0793. The molecular formula is C16H24N4O. The summed E-state index contributed by atoms with van der Waals surface area (Å²) in [7, 11) is 2.00. The minimum Gasteiger partial charge on any atom is -0.469 e. The van der Waals surface area contributed by atoms with Crippen molar-refractivity contribution < 1.29 is 4.42 Å². The quantitative estimate of drug-likeness (QED) is 0.917. The summed E-state index contributed by atoms with van der Waals surface area (Å²) in [6, 6.07) is 6.00. The first kappa shape index (κ1) is 15.5. The maximum absolute atomic E-state index is 5.31. The SMILES string of the molecule is Cc1occc1CN(C)c1ccc(CNC(C)(C)C)nn1. The Hall–Kier alpha value is -1.88. The standard InChI is InChI=1S/C16H24N4O/c1-12-13(8-9-21-12)11-20(5)15-7-6-14(18-19-15)10-17-16(2,3)4/h6-9,17H,10-11H2,1-5H3. The number of aryl methyl sites for hydroxylation is 1. The van der Waals surface area contributed by atoms with Crippen molar-refractivity contribution >= 4 is 5.82 Å². The maximum Gasteiger partial charge on any atom is 0.151 e. The molecule has 0 bridgehead atoms. The van der Waals surface area contributed by atoms with Crippen molar-refractivity contribution in [3.05, 3.63) is 41.5 Å². The van der Waals surface area contributed by atoms with Crippen molar-refractivity contribution in [1.82, 2.24) is 15.5 Å². The van der Waals surface area contributed by atoms with Crippen LogP contribution >= 0.6 is 0 Å². The molecular weight excluding hydrogens is 264 g/mol. The van der Waals surface area contributed by atoms with Crippen molar-refractivity contribution in [2.24, 2.45) is 0 Å². The highest BCUT2D eigenvalue weighted by molar-refractivity contribution is 5.37. The molecule has 0 spiro atoms. The number of hydrogen-bond acceptors (Lipinski definition) is 5. The topological polar surface area (TPSA) is 54.2 Å². The molecule has 0 radical (unpaired) electrons. The van der Waals surface area contributed by atoms with Gasteiger partial charge in [0.15, 0.2) is 5.82 Å². The Balaban J connectivity index is 1.96. The maximum atomic E-state index is 5.31. The first-order valence-corrected chi connectivity index (χ1v) is 7.17.